The highest BCUT2D eigenvalue weighted by atomic mass is 35.5. The molecule has 0 saturated heterocycles. The molecule has 0 atom stereocenters. The Balaban J connectivity index is 1.54. The van der Waals surface area contributed by atoms with Crippen LogP contribution < -0.4 is 14.8 Å². The van der Waals surface area contributed by atoms with Crippen molar-refractivity contribution in [2.75, 3.05) is 25.3 Å². The zero-order valence-corrected chi connectivity index (χ0v) is 18.8. The topological polar surface area (TPSA) is 91.4 Å². The van der Waals surface area contributed by atoms with Gasteiger partial charge in [-0.05, 0) is 54.6 Å². The maximum absolute atomic E-state index is 12.5. The molecule has 0 bridgehead atoms. The summed E-state index contributed by atoms with van der Waals surface area (Å²) < 4.78 is 17.7. The molecule has 4 rings (SSSR count). The number of amides is 1. The van der Waals surface area contributed by atoms with Gasteiger partial charge in [-0.15, -0.1) is 10.2 Å². The zero-order chi connectivity index (χ0) is 22.5. The summed E-state index contributed by atoms with van der Waals surface area (Å²) in [6.45, 7) is 0. The summed E-state index contributed by atoms with van der Waals surface area (Å²) in [5, 5.41) is 12.3. The fourth-order valence-electron chi connectivity index (χ4n) is 2.96. The predicted octanol–water partition coefficient (Wildman–Crippen LogP) is 4.93. The van der Waals surface area contributed by atoms with Crippen LogP contribution in [0.25, 0.3) is 17.3 Å². The highest BCUT2D eigenvalue weighted by molar-refractivity contribution is 7.99. The van der Waals surface area contributed by atoms with Crippen LogP contribution in [-0.4, -0.2) is 40.6 Å². The van der Waals surface area contributed by atoms with E-state index in [1.807, 2.05) is 28.8 Å². The van der Waals surface area contributed by atoms with Gasteiger partial charge in [0.05, 0.1) is 36.9 Å². The SMILES string of the molecule is COc1ccc(-n2c(SCC(=O)Nc3ccc(OC)c(Cl)c3)nnc2-c2ccco2)cc1. The number of thioether (sulfide) groups is 1. The molecule has 2 aromatic heterocycles. The number of nitrogens with one attached hydrogen (secondary N) is 1. The molecule has 32 heavy (non-hydrogen) atoms. The first-order valence-electron chi connectivity index (χ1n) is 9.49. The molecule has 0 aliphatic carbocycles. The summed E-state index contributed by atoms with van der Waals surface area (Å²) in [5.41, 5.74) is 1.39. The van der Waals surface area contributed by atoms with Crippen LogP contribution in [0, 0.1) is 0 Å². The lowest BCUT2D eigenvalue weighted by atomic mass is 10.3. The van der Waals surface area contributed by atoms with E-state index in [0.29, 0.717) is 33.2 Å². The Hall–Kier alpha value is -3.43. The zero-order valence-electron chi connectivity index (χ0n) is 17.2. The number of carbonyl (C=O) groups excluding carboxylic acids is 1. The van der Waals surface area contributed by atoms with Crippen molar-refractivity contribution >= 4 is 35.0 Å². The largest absolute Gasteiger partial charge is 0.497 e. The minimum Gasteiger partial charge on any atom is -0.497 e. The third-order valence-electron chi connectivity index (χ3n) is 4.47. The van der Waals surface area contributed by atoms with Crippen LogP contribution >= 0.6 is 23.4 Å². The minimum absolute atomic E-state index is 0.121. The summed E-state index contributed by atoms with van der Waals surface area (Å²) in [5.74, 6) is 2.28. The quantitative estimate of drug-likeness (QED) is 0.365. The maximum Gasteiger partial charge on any atom is 0.234 e. The van der Waals surface area contributed by atoms with E-state index in [4.69, 9.17) is 25.5 Å². The second-order valence-corrected chi connectivity index (χ2v) is 7.85. The number of furan rings is 1. The second kappa shape index (κ2) is 9.80. The molecule has 0 spiro atoms. The standard InChI is InChI=1S/C22H19ClN4O4S/c1-29-16-8-6-15(7-9-16)27-21(19-4-3-11-31-19)25-26-22(27)32-13-20(28)24-14-5-10-18(30-2)17(23)12-14/h3-12H,13H2,1-2H3,(H,24,28). The molecule has 0 aliphatic heterocycles. The van der Waals surface area contributed by atoms with Crippen LogP contribution in [0.4, 0.5) is 5.69 Å². The number of nitrogens with zero attached hydrogens (tertiary/aromatic N) is 3. The van der Waals surface area contributed by atoms with Gasteiger partial charge < -0.3 is 19.2 Å². The van der Waals surface area contributed by atoms with Crippen LogP contribution in [0.15, 0.2) is 70.4 Å². The van der Waals surface area contributed by atoms with Crippen LogP contribution in [0.1, 0.15) is 0 Å². The van der Waals surface area contributed by atoms with Gasteiger partial charge in [0.2, 0.25) is 11.7 Å². The molecule has 1 N–H and O–H groups in total. The molecule has 2 aromatic carbocycles. The van der Waals surface area contributed by atoms with E-state index in [0.717, 1.165) is 11.4 Å². The van der Waals surface area contributed by atoms with Gasteiger partial charge in [0.25, 0.3) is 0 Å². The fraction of sp³-hybridized carbons (Fsp3) is 0.136. The number of anilines is 1. The molecule has 0 aliphatic rings. The maximum atomic E-state index is 12.5. The Morgan fingerprint density at radius 1 is 1.12 bits per heavy atom. The highest BCUT2D eigenvalue weighted by Gasteiger charge is 2.19. The van der Waals surface area contributed by atoms with E-state index >= 15 is 0 Å². The molecule has 10 heteroatoms. The fourth-order valence-corrected chi connectivity index (χ4v) is 3.97. The summed E-state index contributed by atoms with van der Waals surface area (Å²) in [4.78, 5) is 12.5. The van der Waals surface area contributed by atoms with Gasteiger partial charge in [0.1, 0.15) is 11.5 Å². The monoisotopic (exact) mass is 470 g/mol. The molecule has 0 radical (unpaired) electrons. The third kappa shape index (κ3) is 4.74. The minimum atomic E-state index is -0.208. The van der Waals surface area contributed by atoms with Crippen molar-refractivity contribution in [1.29, 1.82) is 0 Å². The van der Waals surface area contributed by atoms with Crippen molar-refractivity contribution in [1.82, 2.24) is 14.8 Å². The lowest BCUT2D eigenvalue weighted by molar-refractivity contribution is -0.113. The number of ether oxygens (including phenoxy) is 2. The molecule has 2 heterocycles. The predicted molar refractivity (Wildman–Crippen MR) is 123 cm³/mol. The normalized spacial score (nSPS) is 10.7. The molecule has 0 fully saturated rings. The van der Waals surface area contributed by atoms with Crippen LogP contribution in [0.3, 0.4) is 0 Å². The van der Waals surface area contributed by atoms with E-state index in [1.54, 1.807) is 43.7 Å². The molecule has 164 valence electrons. The molecule has 1 amide bonds. The first-order chi connectivity index (χ1) is 15.6. The van der Waals surface area contributed by atoms with Gasteiger partial charge in [0, 0.05) is 5.69 Å². The second-order valence-electron chi connectivity index (χ2n) is 6.50. The van der Waals surface area contributed by atoms with Crippen molar-refractivity contribution in [3.8, 4) is 28.8 Å². The third-order valence-corrected chi connectivity index (χ3v) is 5.70. The van der Waals surface area contributed by atoms with Crippen molar-refractivity contribution in [2.24, 2.45) is 0 Å². The van der Waals surface area contributed by atoms with E-state index in [2.05, 4.69) is 15.5 Å². The lowest BCUT2D eigenvalue weighted by Crippen LogP contribution is -2.14. The molecular weight excluding hydrogens is 452 g/mol. The van der Waals surface area contributed by atoms with E-state index in [-0.39, 0.29) is 11.7 Å². The van der Waals surface area contributed by atoms with E-state index in [9.17, 15) is 4.79 Å². The van der Waals surface area contributed by atoms with Crippen molar-refractivity contribution in [3.05, 3.63) is 65.9 Å². The lowest BCUT2D eigenvalue weighted by Gasteiger charge is -2.10. The average Bonchev–Trinajstić information content (AvgIpc) is 3.48. The van der Waals surface area contributed by atoms with E-state index in [1.165, 1.54) is 18.9 Å². The van der Waals surface area contributed by atoms with Crippen molar-refractivity contribution < 1.29 is 18.7 Å². The number of methoxy groups -OCH3 is 2. The smallest absolute Gasteiger partial charge is 0.234 e. The Kier molecular flexibility index (Phi) is 6.67. The number of rotatable bonds is 8. The Bertz CT molecular complexity index is 1210. The molecular formula is C22H19ClN4O4S. The Morgan fingerprint density at radius 3 is 2.59 bits per heavy atom. The number of halogens is 1. The molecule has 0 saturated carbocycles. The number of benzene rings is 2. The number of aromatic nitrogens is 3. The number of carbonyl (C=O) groups is 1. The van der Waals surface area contributed by atoms with Gasteiger partial charge >= 0.3 is 0 Å². The highest BCUT2D eigenvalue weighted by Crippen LogP contribution is 2.30. The van der Waals surface area contributed by atoms with Gasteiger partial charge in [0.15, 0.2) is 10.9 Å². The first kappa shape index (κ1) is 21.8. The van der Waals surface area contributed by atoms with Gasteiger partial charge in [-0.2, -0.15) is 0 Å². The number of hydrogen-bond donors (Lipinski definition) is 1. The van der Waals surface area contributed by atoms with Gasteiger partial charge in [-0.3, -0.25) is 9.36 Å². The molecule has 4 aromatic rings. The van der Waals surface area contributed by atoms with Crippen LogP contribution in [-0.2, 0) is 4.79 Å². The Morgan fingerprint density at radius 2 is 1.94 bits per heavy atom. The van der Waals surface area contributed by atoms with Crippen LogP contribution in [0.2, 0.25) is 5.02 Å². The van der Waals surface area contributed by atoms with Crippen LogP contribution in [0.5, 0.6) is 11.5 Å². The number of hydrogen-bond acceptors (Lipinski definition) is 7. The molecule has 0 unspecified atom stereocenters. The summed E-state index contributed by atoms with van der Waals surface area (Å²) in [6, 6.07) is 16.1. The summed E-state index contributed by atoms with van der Waals surface area (Å²) >= 11 is 7.38. The molecule has 8 nitrogen and oxygen atoms in total. The average molecular weight is 471 g/mol. The van der Waals surface area contributed by atoms with Crippen molar-refractivity contribution in [3.63, 3.8) is 0 Å². The van der Waals surface area contributed by atoms with Gasteiger partial charge in [-0.1, -0.05) is 23.4 Å². The summed E-state index contributed by atoms with van der Waals surface area (Å²) in [6.07, 6.45) is 1.57. The van der Waals surface area contributed by atoms with Gasteiger partial charge in [-0.25, -0.2) is 0 Å². The summed E-state index contributed by atoms with van der Waals surface area (Å²) in [7, 11) is 3.14. The van der Waals surface area contributed by atoms with Crippen molar-refractivity contribution in [2.45, 2.75) is 5.16 Å². The van der Waals surface area contributed by atoms with E-state index < -0.39 is 0 Å². The first-order valence-corrected chi connectivity index (χ1v) is 10.9. The Labute approximate surface area is 193 Å².